The van der Waals surface area contributed by atoms with Crippen molar-refractivity contribution in [2.45, 2.75) is 200 Å². The van der Waals surface area contributed by atoms with Gasteiger partial charge < -0.3 is 20.1 Å². The molecule has 3 N–H and O–H groups in total. The van der Waals surface area contributed by atoms with Crippen molar-refractivity contribution in [1.29, 1.82) is 0 Å². The van der Waals surface area contributed by atoms with Crippen LogP contribution < -0.4 is 5.32 Å². The van der Waals surface area contributed by atoms with Gasteiger partial charge in [0.25, 0.3) is 0 Å². The van der Waals surface area contributed by atoms with Gasteiger partial charge in [-0.3, -0.25) is 18.6 Å². The zero-order chi connectivity index (χ0) is 34.7. The van der Waals surface area contributed by atoms with Crippen molar-refractivity contribution in [3.63, 3.8) is 0 Å². The molecule has 9 nitrogen and oxygen atoms in total. The predicted molar refractivity (Wildman–Crippen MR) is 192 cm³/mol. The van der Waals surface area contributed by atoms with E-state index in [2.05, 4.69) is 12.2 Å². The number of carbonyl (C=O) groups is 2. The Labute approximate surface area is 288 Å². The van der Waals surface area contributed by atoms with Gasteiger partial charge in [-0.2, -0.15) is 0 Å². The lowest BCUT2D eigenvalue weighted by Gasteiger charge is -2.15. The van der Waals surface area contributed by atoms with Crippen LogP contribution in [0.5, 0.6) is 0 Å². The molecule has 1 amide bonds. The zero-order valence-electron chi connectivity index (χ0n) is 30.5. The molecule has 2 atom stereocenters. The second-order valence-corrected chi connectivity index (χ2v) is 14.7. The number of nitrogens with one attached hydrogen (secondary N) is 1. The Kier molecular flexibility index (Phi) is 34.1. The highest BCUT2D eigenvalue weighted by atomic mass is 31.2. The number of aliphatic hydroxyl groups is 1. The van der Waals surface area contributed by atoms with E-state index < -0.39 is 26.5 Å². The van der Waals surface area contributed by atoms with Crippen LogP contribution in [0.4, 0.5) is 0 Å². The Bertz CT molecular complexity index is 754. The third-order valence-electron chi connectivity index (χ3n) is 8.54. The van der Waals surface area contributed by atoms with Crippen LogP contribution in [0.15, 0.2) is 0 Å². The smallest absolute Gasteiger partial charge is 0.463 e. The second-order valence-electron chi connectivity index (χ2n) is 13.3. The normalized spacial score (nSPS) is 13.4. The Morgan fingerprint density at radius 2 is 0.957 bits per heavy atom. The summed E-state index contributed by atoms with van der Waals surface area (Å²) in [5, 5.41) is 12.5. The molecule has 0 saturated carbocycles. The fourth-order valence-electron chi connectivity index (χ4n) is 5.56. The molecule has 0 bridgehead atoms. The Morgan fingerprint density at radius 1 is 0.574 bits per heavy atom. The van der Waals surface area contributed by atoms with Crippen molar-refractivity contribution < 1.29 is 37.9 Å². The first-order valence-corrected chi connectivity index (χ1v) is 21.0. The third-order valence-corrected chi connectivity index (χ3v) is 9.52. The molecule has 0 radical (unpaired) electrons. The van der Waals surface area contributed by atoms with Crippen molar-refractivity contribution in [3.05, 3.63) is 0 Å². The minimum Gasteiger partial charge on any atom is -0.463 e. The Hall–Kier alpha value is -0.990. The van der Waals surface area contributed by atoms with Gasteiger partial charge in [-0.05, 0) is 12.8 Å². The van der Waals surface area contributed by atoms with Crippen LogP contribution in [0.2, 0.25) is 0 Å². The molecule has 0 spiro atoms. The first kappa shape index (κ1) is 46.0. The number of amides is 1. The summed E-state index contributed by atoms with van der Waals surface area (Å²) in [4.78, 5) is 33.3. The molecule has 0 heterocycles. The minimum atomic E-state index is -4.39. The summed E-state index contributed by atoms with van der Waals surface area (Å²) in [5.74, 6) is -0.533. The standard InChI is InChI=1S/C37H74NO8P/c1-3-5-7-8-9-10-11-12-13-14-15-16-17-18-19-20-21-22-23-24-25-26-28-29-36(40)38-31-32-45-47(42,43)46-34-35(39)33-44-37(41)30-27-6-4-2/h35,39H,3-34H2,1-2H3,(H,38,40)(H,42,43). The number of hydrogen-bond donors (Lipinski definition) is 3. The molecule has 0 aliphatic rings. The van der Waals surface area contributed by atoms with Crippen molar-refractivity contribution in [2.75, 3.05) is 26.4 Å². The van der Waals surface area contributed by atoms with Gasteiger partial charge >= 0.3 is 13.8 Å². The van der Waals surface area contributed by atoms with E-state index in [0.29, 0.717) is 6.42 Å². The van der Waals surface area contributed by atoms with E-state index in [9.17, 15) is 24.2 Å². The highest BCUT2D eigenvalue weighted by Gasteiger charge is 2.23. The first-order chi connectivity index (χ1) is 22.8. The van der Waals surface area contributed by atoms with Gasteiger partial charge in [-0.1, -0.05) is 168 Å². The second kappa shape index (κ2) is 34.9. The fraction of sp³-hybridized carbons (Fsp3) is 0.946. The van der Waals surface area contributed by atoms with Gasteiger partial charge in [-0.25, -0.2) is 4.57 Å². The summed E-state index contributed by atoms with van der Waals surface area (Å²) in [5.41, 5.74) is 0. The average molecular weight is 692 g/mol. The highest BCUT2D eigenvalue weighted by molar-refractivity contribution is 7.47. The summed E-state index contributed by atoms with van der Waals surface area (Å²) in [7, 11) is -4.39. The number of ether oxygens (including phenoxy) is 1. The largest absolute Gasteiger partial charge is 0.472 e. The molecule has 10 heteroatoms. The quantitative estimate of drug-likeness (QED) is 0.0333. The van der Waals surface area contributed by atoms with Crippen LogP contribution in [0.3, 0.4) is 0 Å². The van der Waals surface area contributed by atoms with Crippen molar-refractivity contribution in [2.24, 2.45) is 0 Å². The third kappa shape index (κ3) is 36.1. The Balaban J connectivity index is 3.43. The molecule has 0 fully saturated rings. The minimum absolute atomic E-state index is 0.0873. The van der Waals surface area contributed by atoms with E-state index in [0.717, 1.165) is 38.5 Å². The lowest BCUT2D eigenvalue weighted by Crippen LogP contribution is -2.27. The summed E-state index contributed by atoms with van der Waals surface area (Å²) in [6.07, 6.45) is 32.8. The number of aliphatic hydroxyl groups excluding tert-OH is 1. The van der Waals surface area contributed by atoms with Crippen molar-refractivity contribution in [1.82, 2.24) is 5.32 Å². The molecule has 280 valence electrons. The summed E-state index contributed by atoms with van der Waals surface area (Å²) in [6, 6.07) is 0. The van der Waals surface area contributed by atoms with E-state index in [4.69, 9.17) is 13.8 Å². The molecule has 0 saturated heterocycles. The summed E-state index contributed by atoms with van der Waals surface area (Å²) in [6.45, 7) is 3.37. The lowest BCUT2D eigenvalue weighted by atomic mass is 10.0. The molecule has 0 aromatic heterocycles. The van der Waals surface area contributed by atoms with Gasteiger partial charge in [0.2, 0.25) is 5.91 Å². The molecule has 0 aliphatic heterocycles. The molecule has 0 aliphatic carbocycles. The van der Waals surface area contributed by atoms with Crippen LogP contribution in [-0.4, -0.2) is 54.3 Å². The Morgan fingerprint density at radius 3 is 1.40 bits per heavy atom. The van der Waals surface area contributed by atoms with Gasteiger partial charge in [0.05, 0.1) is 13.2 Å². The molecule has 47 heavy (non-hydrogen) atoms. The number of phosphoric ester groups is 1. The maximum Gasteiger partial charge on any atom is 0.472 e. The lowest BCUT2D eigenvalue weighted by molar-refractivity contribution is -0.147. The number of hydrogen-bond acceptors (Lipinski definition) is 7. The SMILES string of the molecule is CCCCCCCCCCCCCCCCCCCCCCCCCC(=O)NCCOP(=O)(O)OCC(O)COC(=O)CCCCC. The van der Waals surface area contributed by atoms with E-state index in [1.54, 1.807) is 0 Å². The van der Waals surface area contributed by atoms with Crippen LogP contribution in [0.1, 0.15) is 194 Å². The molecule has 2 unspecified atom stereocenters. The average Bonchev–Trinajstić information content (AvgIpc) is 3.05. The maximum absolute atomic E-state index is 12.0. The predicted octanol–water partition coefficient (Wildman–Crippen LogP) is 10.1. The molecular weight excluding hydrogens is 617 g/mol. The van der Waals surface area contributed by atoms with Gasteiger partial charge in [0, 0.05) is 19.4 Å². The van der Waals surface area contributed by atoms with Crippen LogP contribution in [-0.2, 0) is 27.9 Å². The number of carbonyl (C=O) groups excluding carboxylic acids is 2. The van der Waals surface area contributed by atoms with E-state index in [-0.39, 0.29) is 32.1 Å². The number of esters is 1. The highest BCUT2D eigenvalue weighted by Crippen LogP contribution is 2.42. The molecule has 0 rings (SSSR count). The number of rotatable bonds is 37. The summed E-state index contributed by atoms with van der Waals surface area (Å²) < 4.78 is 26.4. The van der Waals surface area contributed by atoms with E-state index >= 15 is 0 Å². The molecular formula is C37H74NO8P. The molecule has 0 aromatic carbocycles. The zero-order valence-corrected chi connectivity index (χ0v) is 31.4. The summed E-state index contributed by atoms with van der Waals surface area (Å²) >= 11 is 0. The fourth-order valence-corrected chi connectivity index (χ4v) is 6.31. The van der Waals surface area contributed by atoms with Gasteiger partial charge in [-0.15, -0.1) is 0 Å². The van der Waals surface area contributed by atoms with Crippen molar-refractivity contribution in [3.8, 4) is 0 Å². The van der Waals surface area contributed by atoms with Crippen LogP contribution in [0.25, 0.3) is 0 Å². The van der Waals surface area contributed by atoms with Crippen molar-refractivity contribution >= 4 is 19.7 Å². The van der Waals surface area contributed by atoms with E-state index in [1.165, 1.54) is 128 Å². The van der Waals surface area contributed by atoms with Gasteiger partial charge in [0.15, 0.2) is 0 Å². The topological polar surface area (TPSA) is 131 Å². The maximum atomic E-state index is 12.0. The first-order valence-electron chi connectivity index (χ1n) is 19.5. The van der Waals surface area contributed by atoms with Crippen LogP contribution in [0, 0.1) is 0 Å². The van der Waals surface area contributed by atoms with Gasteiger partial charge in [0.1, 0.15) is 12.7 Å². The molecule has 0 aromatic rings. The monoisotopic (exact) mass is 692 g/mol. The number of phosphoric acid groups is 1. The van der Waals surface area contributed by atoms with E-state index in [1.807, 2.05) is 6.92 Å². The van der Waals surface area contributed by atoms with Crippen LogP contribution >= 0.6 is 7.82 Å². The number of unbranched alkanes of at least 4 members (excludes halogenated alkanes) is 24.